The molecule has 0 saturated carbocycles. The summed E-state index contributed by atoms with van der Waals surface area (Å²) in [5.41, 5.74) is 5.06. The molecule has 0 radical (unpaired) electrons. The van der Waals surface area contributed by atoms with Crippen LogP contribution in [0.1, 0.15) is 49.9 Å². The molecule has 0 aliphatic carbocycles. The van der Waals surface area contributed by atoms with E-state index in [-0.39, 0.29) is 11.5 Å². The van der Waals surface area contributed by atoms with Crippen molar-refractivity contribution < 1.29 is 10.2 Å². The minimum Gasteiger partial charge on any atom is -0.507 e. The van der Waals surface area contributed by atoms with Crippen molar-refractivity contribution in [2.75, 3.05) is 0 Å². The van der Waals surface area contributed by atoms with Crippen molar-refractivity contribution in [3.05, 3.63) is 95.1 Å². The Hall–Kier alpha value is -3.92. The first-order valence-corrected chi connectivity index (χ1v) is 12.5. The Balaban J connectivity index is 1.73. The molecule has 0 spiro atoms. The lowest BCUT2D eigenvalue weighted by Gasteiger charge is -2.08. The number of phenolic OH excluding ortho intramolecular Hbond substituents is 2. The van der Waals surface area contributed by atoms with E-state index in [1.54, 1.807) is 24.6 Å². The number of phenols is 2. The van der Waals surface area contributed by atoms with Crippen LogP contribution in [-0.2, 0) is 12.8 Å². The number of benzene rings is 4. The highest BCUT2D eigenvalue weighted by Gasteiger charge is 2.07. The molecule has 184 valence electrons. The Kier molecular flexibility index (Phi) is 7.84. The Labute approximate surface area is 213 Å². The molecule has 2 N–H and O–H groups in total. The Morgan fingerprint density at radius 2 is 1.03 bits per heavy atom. The minimum atomic E-state index is 0.198. The normalized spacial score (nSPS) is 12.1. The van der Waals surface area contributed by atoms with Crippen molar-refractivity contribution in [3.8, 4) is 11.5 Å². The molecule has 4 aromatic carbocycles. The minimum absolute atomic E-state index is 0.198. The van der Waals surface area contributed by atoms with E-state index in [4.69, 9.17) is 9.98 Å². The zero-order valence-corrected chi connectivity index (χ0v) is 21.4. The van der Waals surface area contributed by atoms with Gasteiger partial charge in [-0.3, -0.25) is 9.98 Å². The Morgan fingerprint density at radius 3 is 1.42 bits per heavy atom. The Bertz CT molecular complexity index is 1310. The largest absolute Gasteiger partial charge is 0.507 e. The van der Waals surface area contributed by atoms with Crippen LogP contribution < -0.4 is 0 Å². The average molecular weight is 479 g/mol. The second kappa shape index (κ2) is 11.2. The topological polar surface area (TPSA) is 65.2 Å². The van der Waals surface area contributed by atoms with Gasteiger partial charge in [-0.2, -0.15) is 0 Å². The van der Waals surface area contributed by atoms with Gasteiger partial charge in [0.2, 0.25) is 0 Å². The van der Waals surface area contributed by atoms with E-state index in [2.05, 4.69) is 27.7 Å². The molecule has 0 aliphatic heterocycles. The van der Waals surface area contributed by atoms with E-state index in [0.717, 1.165) is 34.7 Å². The van der Waals surface area contributed by atoms with E-state index >= 15 is 0 Å². The van der Waals surface area contributed by atoms with Crippen molar-refractivity contribution in [3.63, 3.8) is 0 Å². The number of aromatic hydroxyl groups is 2. The number of aliphatic imine (C=N–C) groups is 2. The van der Waals surface area contributed by atoms with Crippen molar-refractivity contribution in [1.29, 1.82) is 0 Å². The predicted molar refractivity (Wildman–Crippen MR) is 152 cm³/mol. The SMILES string of the molecule is CC(C)Cc1ccc(O)c(C=Nc2cc3ccccc3cc2N=Cc2cc(CC(C)C)ccc2O)c1. The molecule has 0 aliphatic rings. The zero-order chi connectivity index (χ0) is 25.7. The second-order valence-electron chi connectivity index (χ2n) is 10.2. The Morgan fingerprint density at radius 1 is 0.611 bits per heavy atom. The summed E-state index contributed by atoms with van der Waals surface area (Å²) in [6.07, 6.45) is 5.27. The van der Waals surface area contributed by atoms with Gasteiger partial charge in [-0.15, -0.1) is 0 Å². The summed E-state index contributed by atoms with van der Waals surface area (Å²) in [6.45, 7) is 8.71. The summed E-state index contributed by atoms with van der Waals surface area (Å²) in [7, 11) is 0. The number of nitrogens with zero attached hydrogens (tertiary/aromatic N) is 2. The third kappa shape index (κ3) is 6.39. The molecule has 0 bridgehead atoms. The van der Waals surface area contributed by atoms with Crippen molar-refractivity contribution >= 4 is 34.6 Å². The molecular weight excluding hydrogens is 444 g/mol. The van der Waals surface area contributed by atoms with Crippen LogP contribution in [-0.4, -0.2) is 22.6 Å². The molecule has 4 aromatic rings. The highest BCUT2D eigenvalue weighted by molar-refractivity contribution is 5.95. The monoisotopic (exact) mass is 478 g/mol. The lowest BCUT2D eigenvalue weighted by molar-refractivity contribution is 0.473. The second-order valence-corrected chi connectivity index (χ2v) is 10.2. The van der Waals surface area contributed by atoms with Gasteiger partial charge >= 0.3 is 0 Å². The lowest BCUT2D eigenvalue weighted by Crippen LogP contribution is -1.95. The molecule has 0 amide bonds. The molecule has 4 rings (SSSR count). The van der Waals surface area contributed by atoms with Crippen LogP contribution in [0.25, 0.3) is 10.8 Å². The van der Waals surface area contributed by atoms with Gasteiger partial charge in [-0.25, -0.2) is 0 Å². The first-order chi connectivity index (χ1) is 17.3. The van der Waals surface area contributed by atoms with Crippen LogP contribution in [0.2, 0.25) is 0 Å². The molecule has 0 fully saturated rings. The van der Waals surface area contributed by atoms with E-state index in [1.165, 1.54) is 0 Å². The molecule has 0 atom stereocenters. The zero-order valence-electron chi connectivity index (χ0n) is 21.4. The standard InChI is InChI=1S/C32H34N2O2/c1-21(2)13-23-9-11-31(35)27(15-23)19-33-29-17-25-7-5-6-8-26(25)18-30(29)34-20-28-16-24(14-22(3)4)10-12-32(28)36/h5-12,15-22,35-36H,13-14H2,1-4H3. The van der Waals surface area contributed by atoms with Gasteiger partial charge in [0.25, 0.3) is 0 Å². The van der Waals surface area contributed by atoms with Gasteiger partial charge in [-0.05, 0) is 83.0 Å². The third-order valence-electron chi connectivity index (χ3n) is 6.00. The summed E-state index contributed by atoms with van der Waals surface area (Å²) in [5.74, 6) is 1.44. The van der Waals surface area contributed by atoms with Gasteiger partial charge in [0.05, 0.1) is 11.4 Å². The molecule has 4 heteroatoms. The van der Waals surface area contributed by atoms with Gasteiger partial charge in [0.15, 0.2) is 0 Å². The summed E-state index contributed by atoms with van der Waals surface area (Å²) >= 11 is 0. The number of fused-ring (bicyclic) bond motifs is 1. The fourth-order valence-electron chi connectivity index (χ4n) is 4.31. The summed E-state index contributed by atoms with van der Waals surface area (Å²) in [5, 5.41) is 22.9. The third-order valence-corrected chi connectivity index (χ3v) is 6.00. The molecular formula is C32H34N2O2. The van der Waals surface area contributed by atoms with Gasteiger partial charge in [0, 0.05) is 23.6 Å². The fourth-order valence-corrected chi connectivity index (χ4v) is 4.31. The number of rotatable bonds is 8. The first kappa shape index (κ1) is 25.2. The van der Waals surface area contributed by atoms with Gasteiger partial charge < -0.3 is 10.2 Å². The van der Waals surface area contributed by atoms with Crippen LogP contribution in [0.5, 0.6) is 11.5 Å². The van der Waals surface area contributed by atoms with Crippen LogP contribution in [0.4, 0.5) is 11.4 Å². The van der Waals surface area contributed by atoms with E-state index in [1.807, 2.05) is 60.7 Å². The number of hydrogen-bond donors (Lipinski definition) is 2. The maximum atomic E-state index is 10.4. The molecule has 36 heavy (non-hydrogen) atoms. The molecule has 0 heterocycles. The maximum Gasteiger partial charge on any atom is 0.124 e. The molecule has 0 saturated heterocycles. The van der Waals surface area contributed by atoms with Crippen LogP contribution in [0, 0.1) is 11.8 Å². The average Bonchev–Trinajstić information content (AvgIpc) is 2.83. The number of hydrogen-bond acceptors (Lipinski definition) is 4. The van der Waals surface area contributed by atoms with Crippen LogP contribution in [0.3, 0.4) is 0 Å². The molecule has 4 nitrogen and oxygen atoms in total. The first-order valence-electron chi connectivity index (χ1n) is 12.5. The van der Waals surface area contributed by atoms with E-state index in [9.17, 15) is 10.2 Å². The van der Waals surface area contributed by atoms with Crippen molar-refractivity contribution in [1.82, 2.24) is 0 Å². The maximum absolute atomic E-state index is 10.4. The lowest BCUT2D eigenvalue weighted by atomic mass is 10.0. The van der Waals surface area contributed by atoms with Gasteiger partial charge in [0.1, 0.15) is 11.5 Å². The van der Waals surface area contributed by atoms with Crippen molar-refractivity contribution in [2.45, 2.75) is 40.5 Å². The molecule has 0 aromatic heterocycles. The summed E-state index contributed by atoms with van der Waals surface area (Å²) < 4.78 is 0. The van der Waals surface area contributed by atoms with Crippen LogP contribution in [0.15, 0.2) is 82.8 Å². The summed E-state index contributed by atoms with van der Waals surface area (Å²) in [6, 6.07) is 23.4. The smallest absolute Gasteiger partial charge is 0.124 e. The fraction of sp³-hybridized carbons (Fsp3) is 0.250. The van der Waals surface area contributed by atoms with Crippen LogP contribution >= 0.6 is 0 Å². The quantitative estimate of drug-likeness (QED) is 0.251. The van der Waals surface area contributed by atoms with Crippen molar-refractivity contribution in [2.24, 2.45) is 21.8 Å². The molecule has 0 unspecified atom stereocenters. The summed E-state index contributed by atoms with van der Waals surface area (Å²) in [4.78, 5) is 9.48. The van der Waals surface area contributed by atoms with E-state index in [0.29, 0.717) is 34.3 Å². The highest BCUT2D eigenvalue weighted by Crippen LogP contribution is 2.34. The predicted octanol–water partition coefficient (Wildman–Crippen LogP) is 8.15. The van der Waals surface area contributed by atoms with Gasteiger partial charge in [-0.1, -0.05) is 64.1 Å². The van der Waals surface area contributed by atoms with E-state index < -0.39 is 0 Å². The highest BCUT2D eigenvalue weighted by atomic mass is 16.3.